The van der Waals surface area contributed by atoms with E-state index in [1.165, 1.54) is 18.7 Å². The van der Waals surface area contributed by atoms with E-state index in [1.54, 1.807) is 6.92 Å². The van der Waals surface area contributed by atoms with E-state index in [9.17, 15) is 14.3 Å². The minimum Gasteiger partial charge on any atom is -0.399 e. The lowest BCUT2D eigenvalue weighted by Gasteiger charge is -2.49. The van der Waals surface area contributed by atoms with Crippen LogP contribution in [0, 0.1) is 17.3 Å². The standard InChI is InChI=1S/C23H32FN3O2/c1-13-9-22(10-14(2)19(13)28)11-16-6-7-17(25)8-18(16)23(22)20(29)27(15(3)26-23)12-21(4,5)24/h6-8,13-14,19,28H,9-12,25H2,1-5H3/t13-,14+,19+,22+,23-/m1/s1. The van der Waals surface area contributed by atoms with Gasteiger partial charge in [-0.15, -0.1) is 0 Å². The number of alkyl halides is 1. The number of carbonyl (C=O) groups excluding carboxylic acids is 1. The maximum atomic E-state index is 14.5. The molecule has 1 saturated carbocycles. The van der Waals surface area contributed by atoms with Gasteiger partial charge in [0.1, 0.15) is 11.5 Å². The minimum absolute atomic E-state index is 0.0234. The summed E-state index contributed by atoms with van der Waals surface area (Å²) in [5, 5.41) is 10.6. The maximum Gasteiger partial charge on any atom is 0.261 e. The fraction of sp³-hybridized carbons (Fsp3) is 0.652. The van der Waals surface area contributed by atoms with Gasteiger partial charge in [-0.1, -0.05) is 19.9 Å². The first kappa shape index (κ1) is 20.3. The number of benzene rings is 1. The smallest absolute Gasteiger partial charge is 0.261 e. The molecule has 3 N–H and O–H groups in total. The van der Waals surface area contributed by atoms with E-state index >= 15 is 0 Å². The van der Waals surface area contributed by atoms with E-state index in [2.05, 4.69) is 0 Å². The molecule has 6 heteroatoms. The number of fused-ring (bicyclic) bond motifs is 3. The summed E-state index contributed by atoms with van der Waals surface area (Å²) in [6.07, 6.45) is 1.72. The molecule has 1 aromatic rings. The monoisotopic (exact) mass is 401 g/mol. The molecule has 0 radical (unpaired) electrons. The number of nitrogen functional groups attached to an aromatic ring is 1. The molecule has 4 rings (SSSR count). The van der Waals surface area contributed by atoms with Crippen molar-refractivity contribution >= 4 is 17.4 Å². The lowest BCUT2D eigenvalue weighted by Crippen LogP contribution is -2.55. The van der Waals surface area contributed by atoms with Gasteiger partial charge >= 0.3 is 0 Å². The van der Waals surface area contributed by atoms with Crippen molar-refractivity contribution in [1.82, 2.24) is 4.90 Å². The third-order valence-electron chi connectivity index (χ3n) is 7.22. The zero-order valence-electron chi connectivity index (χ0n) is 18.0. The number of amidine groups is 1. The Morgan fingerprint density at radius 3 is 2.52 bits per heavy atom. The topological polar surface area (TPSA) is 78.9 Å². The average molecular weight is 402 g/mol. The maximum absolute atomic E-state index is 14.5. The molecule has 2 spiro atoms. The molecule has 3 aliphatic rings. The van der Waals surface area contributed by atoms with Crippen LogP contribution in [0.4, 0.5) is 10.1 Å². The molecule has 0 saturated heterocycles. The number of carbonyl (C=O) groups is 1. The molecule has 1 aromatic carbocycles. The van der Waals surface area contributed by atoms with Gasteiger partial charge in [-0.05, 0) is 75.1 Å². The second-order valence-electron chi connectivity index (χ2n) is 10.2. The highest BCUT2D eigenvalue weighted by molar-refractivity contribution is 6.09. The normalized spacial score (nSPS) is 36.8. The second kappa shape index (κ2) is 6.27. The summed E-state index contributed by atoms with van der Waals surface area (Å²) in [5.74, 6) is 0.511. The summed E-state index contributed by atoms with van der Waals surface area (Å²) in [4.78, 5) is 20.5. The lowest BCUT2D eigenvalue weighted by atomic mass is 9.56. The van der Waals surface area contributed by atoms with Crippen LogP contribution in [-0.2, 0) is 16.8 Å². The number of aliphatic imine (C=N–C) groups is 1. The first-order valence-electron chi connectivity index (χ1n) is 10.5. The molecule has 1 heterocycles. The van der Waals surface area contributed by atoms with E-state index in [1.807, 2.05) is 32.0 Å². The van der Waals surface area contributed by atoms with Crippen molar-refractivity contribution in [2.24, 2.45) is 22.2 Å². The van der Waals surface area contributed by atoms with Crippen molar-refractivity contribution in [1.29, 1.82) is 0 Å². The number of hydrogen-bond acceptors (Lipinski definition) is 4. The van der Waals surface area contributed by atoms with E-state index in [0.29, 0.717) is 24.4 Å². The number of hydrogen-bond donors (Lipinski definition) is 2. The van der Waals surface area contributed by atoms with Gasteiger partial charge < -0.3 is 10.8 Å². The number of halogens is 1. The summed E-state index contributed by atoms with van der Waals surface area (Å²) >= 11 is 0. The van der Waals surface area contributed by atoms with Gasteiger partial charge in [0, 0.05) is 11.1 Å². The number of anilines is 1. The zero-order valence-corrected chi connectivity index (χ0v) is 18.0. The predicted molar refractivity (Wildman–Crippen MR) is 112 cm³/mol. The second-order valence-corrected chi connectivity index (χ2v) is 10.2. The molecule has 0 aromatic heterocycles. The molecule has 158 valence electrons. The fourth-order valence-electron chi connectivity index (χ4n) is 6.20. The number of nitrogens with zero attached hydrogens (tertiary/aromatic N) is 2. The third-order valence-corrected chi connectivity index (χ3v) is 7.22. The van der Waals surface area contributed by atoms with Gasteiger partial charge in [-0.3, -0.25) is 14.7 Å². The van der Waals surface area contributed by atoms with Gasteiger partial charge in [-0.25, -0.2) is 4.39 Å². The molecule has 1 fully saturated rings. The van der Waals surface area contributed by atoms with Crippen LogP contribution in [-0.4, -0.2) is 40.1 Å². The fourth-order valence-corrected chi connectivity index (χ4v) is 6.20. The highest BCUT2D eigenvalue weighted by atomic mass is 19.1. The van der Waals surface area contributed by atoms with Crippen LogP contribution in [0.3, 0.4) is 0 Å². The average Bonchev–Trinajstić information content (AvgIpc) is 2.99. The lowest BCUT2D eigenvalue weighted by molar-refractivity contribution is -0.142. The third kappa shape index (κ3) is 2.82. The summed E-state index contributed by atoms with van der Waals surface area (Å²) in [5.41, 5.74) is 5.62. The molecular formula is C23H32FN3O2. The summed E-state index contributed by atoms with van der Waals surface area (Å²) in [7, 11) is 0. The van der Waals surface area contributed by atoms with E-state index in [4.69, 9.17) is 10.7 Å². The predicted octanol–water partition coefficient (Wildman–Crippen LogP) is 3.44. The van der Waals surface area contributed by atoms with Crippen molar-refractivity contribution < 1.29 is 14.3 Å². The molecule has 1 aliphatic heterocycles. The van der Waals surface area contributed by atoms with E-state index < -0.39 is 22.7 Å². The highest BCUT2D eigenvalue weighted by Gasteiger charge is 2.67. The molecule has 0 bridgehead atoms. The van der Waals surface area contributed by atoms with Crippen LogP contribution >= 0.6 is 0 Å². The van der Waals surface area contributed by atoms with Crippen LogP contribution in [0.2, 0.25) is 0 Å². The first-order valence-corrected chi connectivity index (χ1v) is 10.5. The molecule has 2 aliphatic carbocycles. The Balaban J connectivity index is 1.90. The Bertz CT molecular complexity index is 879. The SMILES string of the molecule is CC1=N[C@@]2(C(=O)N1CC(C)(C)F)c1cc(N)ccc1C[C@@]21C[C@@H](C)[C@H](O)[C@@H](C)C1. The molecule has 0 unspecified atom stereocenters. The number of aliphatic hydroxyl groups is 1. The zero-order chi connectivity index (χ0) is 21.4. The van der Waals surface area contributed by atoms with Crippen molar-refractivity contribution in [3.05, 3.63) is 29.3 Å². The van der Waals surface area contributed by atoms with Gasteiger partial charge in [-0.2, -0.15) is 0 Å². The Labute approximate surface area is 172 Å². The molecular weight excluding hydrogens is 369 g/mol. The number of amides is 1. The minimum atomic E-state index is -1.52. The molecule has 1 amide bonds. The molecule has 5 atom stereocenters. The van der Waals surface area contributed by atoms with Gasteiger partial charge in [0.2, 0.25) is 0 Å². The largest absolute Gasteiger partial charge is 0.399 e. The van der Waals surface area contributed by atoms with Crippen LogP contribution in [0.5, 0.6) is 0 Å². The van der Waals surface area contributed by atoms with Gasteiger partial charge in [0.15, 0.2) is 5.54 Å². The first-order chi connectivity index (χ1) is 13.4. The Morgan fingerprint density at radius 1 is 1.31 bits per heavy atom. The van der Waals surface area contributed by atoms with Crippen LogP contribution in [0.1, 0.15) is 58.6 Å². The van der Waals surface area contributed by atoms with Crippen LogP contribution < -0.4 is 5.73 Å². The molecule has 5 nitrogen and oxygen atoms in total. The summed E-state index contributed by atoms with van der Waals surface area (Å²) < 4.78 is 14.5. The van der Waals surface area contributed by atoms with Gasteiger partial charge in [0.05, 0.1) is 12.6 Å². The highest BCUT2D eigenvalue weighted by Crippen LogP contribution is 2.63. The number of aliphatic hydroxyl groups excluding tert-OH is 1. The van der Waals surface area contributed by atoms with Crippen molar-refractivity contribution in [2.75, 3.05) is 12.3 Å². The van der Waals surface area contributed by atoms with Crippen molar-refractivity contribution in [3.8, 4) is 0 Å². The Kier molecular flexibility index (Phi) is 4.40. The summed E-state index contributed by atoms with van der Waals surface area (Å²) in [6.45, 7) is 8.83. The van der Waals surface area contributed by atoms with Crippen molar-refractivity contribution in [3.63, 3.8) is 0 Å². The van der Waals surface area contributed by atoms with Crippen LogP contribution in [0.25, 0.3) is 0 Å². The van der Waals surface area contributed by atoms with Crippen molar-refractivity contribution in [2.45, 2.75) is 71.2 Å². The Hall–Kier alpha value is -1.95. The quantitative estimate of drug-likeness (QED) is 0.745. The van der Waals surface area contributed by atoms with E-state index in [0.717, 1.165) is 17.5 Å². The number of nitrogens with two attached hydrogens (primary N) is 1. The summed E-state index contributed by atoms with van der Waals surface area (Å²) in [6, 6.07) is 5.75. The number of rotatable bonds is 2. The molecule has 29 heavy (non-hydrogen) atoms. The van der Waals surface area contributed by atoms with Gasteiger partial charge in [0.25, 0.3) is 5.91 Å². The van der Waals surface area contributed by atoms with E-state index in [-0.39, 0.29) is 24.3 Å². The van der Waals surface area contributed by atoms with Crippen LogP contribution in [0.15, 0.2) is 23.2 Å². The Morgan fingerprint density at radius 2 is 1.93 bits per heavy atom.